The van der Waals surface area contributed by atoms with Crippen LogP contribution in [0.5, 0.6) is 0 Å². The first-order chi connectivity index (χ1) is 3.79. The average molecular weight is 377 g/mol. The Labute approximate surface area is 45.4 Å². The SMILES string of the molecule is Nc1cc[n-]c(=O)n1.[Rf]. The Bertz CT molecular complexity index is 233. The smallest absolute Gasteiger partial charge is 0.163 e. The predicted molar refractivity (Wildman–Crippen MR) is 28.2 cm³/mol. The van der Waals surface area contributed by atoms with Crippen LogP contribution in [0.2, 0.25) is 0 Å². The molecule has 0 unspecified atom stereocenters. The van der Waals surface area contributed by atoms with Crippen LogP contribution in [0.1, 0.15) is 0 Å². The molecule has 4 nitrogen and oxygen atoms in total. The van der Waals surface area contributed by atoms with Crippen LogP contribution < -0.4 is 16.4 Å². The van der Waals surface area contributed by atoms with Gasteiger partial charge in [-0.3, -0.25) is 4.79 Å². The van der Waals surface area contributed by atoms with Gasteiger partial charge in [0.15, 0.2) is 5.69 Å². The first-order valence-electron chi connectivity index (χ1n) is 2.04. The summed E-state index contributed by atoms with van der Waals surface area (Å²) in [5.74, 6) is 0.213. The van der Waals surface area contributed by atoms with Crippen LogP contribution >= 0.6 is 0 Å². The molecule has 0 amide bonds. The first-order valence-corrected chi connectivity index (χ1v) is 2.04. The maximum atomic E-state index is 10.2. The van der Waals surface area contributed by atoms with Crippen molar-refractivity contribution in [2.45, 2.75) is 0 Å². The number of nitrogens with zero attached hydrogens (tertiary/aromatic N) is 2. The van der Waals surface area contributed by atoms with E-state index in [1.807, 2.05) is 0 Å². The summed E-state index contributed by atoms with van der Waals surface area (Å²) in [6, 6.07) is 1.46. The Morgan fingerprint density at radius 2 is 2.33 bits per heavy atom. The van der Waals surface area contributed by atoms with Gasteiger partial charge in [-0.15, -0.1) is 0 Å². The molecule has 1 heterocycles. The Kier molecular flexibility index (Phi) is 1.57. The van der Waals surface area contributed by atoms with Gasteiger partial charge in [0.25, 0.3) is 0 Å². The molecular weight excluding hydrogens is 373 g/mol. The molecular formula is C4H4N3ORf-. The van der Waals surface area contributed by atoms with Crippen molar-refractivity contribution in [2.75, 3.05) is 5.73 Å². The Hall–Kier alpha value is -2.32. The number of rotatable bonds is 0. The van der Waals surface area contributed by atoms with Crippen molar-refractivity contribution < 1.29 is 0 Å². The number of anilines is 1. The molecule has 0 aliphatic carbocycles. The minimum Gasteiger partial charge on any atom is -0.407 e. The molecule has 1 aromatic heterocycles. The molecule has 0 saturated heterocycles. The summed E-state index contributed by atoms with van der Waals surface area (Å²) >= 11 is 0. The molecule has 1 rings (SSSR count). The molecule has 0 aliphatic rings. The van der Waals surface area contributed by atoms with E-state index in [2.05, 4.69) is 9.97 Å². The monoisotopic (exact) mass is 377 g/mol. The molecule has 0 spiro atoms. The van der Waals surface area contributed by atoms with E-state index in [4.69, 9.17) is 5.73 Å². The van der Waals surface area contributed by atoms with Crippen LogP contribution in [0, 0.1) is 0 Å². The first kappa shape index (κ1) is 6.68. The predicted octanol–water partition coefficient (Wildman–Crippen LogP) is -1.02. The van der Waals surface area contributed by atoms with Gasteiger partial charge in [0.05, 0.1) is 0 Å². The van der Waals surface area contributed by atoms with E-state index in [0.29, 0.717) is 0 Å². The van der Waals surface area contributed by atoms with Gasteiger partial charge in [-0.1, -0.05) is 6.20 Å². The van der Waals surface area contributed by atoms with Crippen LogP contribution in [0.25, 0.3) is 0 Å². The van der Waals surface area contributed by atoms with E-state index in [1.165, 1.54) is 12.3 Å². The summed E-state index contributed by atoms with van der Waals surface area (Å²) in [4.78, 5) is 16.8. The molecule has 0 saturated carbocycles. The zero-order valence-corrected chi connectivity index (χ0v) is 11.1. The molecule has 0 bridgehead atoms. The van der Waals surface area contributed by atoms with Crippen LogP contribution in [-0.2, 0) is 0 Å². The fraction of sp³-hybridized carbons (Fsp3) is 0. The van der Waals surface area contributed by atoms with Gasteiger partial charge in [0.2, 0.25) is 0 Å². The molecule has 1 aromatic rings. The van der Waals surface area contributed by atoms with Crippen molar-refractivity contribution in [1.29, 1.82) is 0 Å². The molecule has 0 radical (unpaired) electrons. The second-order valence-corrected chi connectivity index (χ2v) is 1.26. The number of nitrogens with two attached hydrogens (primary N) is 1. The third-order valence-electron chi connectivity index (χ3n) is 0.655. The number of hydrogen-bond acceptors (Lipinski definition) is 3. The summed E-state index contributed by atoms with van der Waals surface area (Å²) in [6.45, 7) is 0. The molecule has 0 aliphatic heterocycles. The normalized spacial score (nSPS) is 8.00. The van der Waals surface area contributed by atoms with Gasteiger partial charge in [0, 0.05) is 5.82 Å². The fourth-order valence-electron chi connectivity index (χ4n) is 0.354. The van der Waals surface area contributed by atoms with Gasteiger partial charge in [-0.05, 0) is 6.07 Å². The second-order valence-electron chi connectivity index (χ2n) is 1.26. The van der Waals surface area contributed by atoms with Gasteiger partial charge in [-0.2, -0.15) is 0 Å². The van der Waals surface area contributed by atoms with Gasteiger partial charge >= 0.3 is 0 Å². The maximum absolute atomic E-state index is 10.2. The third-order valence-corrected chi connectivity index (χ3v) is 0.655. The fourth-order valence-corrected chi connectivity index (χ4v) is 0.354. The van der Waals surface area contributed by atoms with E-state index >= 15 is 0 Å². The Balaban J connectivity index is 0.000000640. The summed E-state index contributed by atoms with van der Waals surface area (Å²) in [7, 11) is 0. The maximum Gasteiger partial charge on any atom is 0.163 e. The standard InChI is InChI=1S/C4H5N3O.Rf/c5-3-1-2-6-4(8)7-3;/h1-2H,(H3,5,6,7,8);/p-1. The minimum atomic E-state index is -0.537. The number of aromatic nitrogens is 2. The van der Waals surface area contributed by atoms with Crippen molar-refractivity contribution in [3.05, 3.63) is 22.7 Å². The van der Waals surface area contributed by atoms with Crippen molar-refractivity contribution in [3.8, 4) is 0 Å². The third kappa shape index (κ3) is 1.30. The summed E-state index contributed by atoms with van der Waals surface area (Å²) in [6.07, 6.45) is 1.32. The average Bonchev–Trinajstić information content (AvgIpc) is 1.64. The summed E-state index contributed by atoms with van der Waals surface area (Å²) in [5, 5.41) is 0. The van der Waals surface area contributed by atoms with E-state index in [-0.39, 0.29) is 5.82 Å². The largest absolute Gasteiger partial charge is 0.407 e. The number of hydrogen-bond donors (Lipinski definition) is 1. The quantitative estimate of drug-likeness (QED) is 0.629. The van der Waals surface area contributed by atoms with Crippen LogP contribution in [-0.4, -0.2) is 4.98 Å². The van der Waals surface area contributed by atoms with Crippen molar-refractivity contribution in [3.63, 3.8) is 0 Å². The minimum absolute atomic E-state index is 0. The van der Waals surface area contributed by atoms with E-state index < -0.39 is 5.69 Å². The molecule has 2 N–H and O–H groups in total. The second kappa shape index (κ2) is 2.11. The molecule has 0 aromatic carbocycles. The zero-order chi connectivity index (χ0) is 5.98. The number of nitrogen functional groups attached to an aromatic ring is 1. The molecule has 5 heteroatoms. The molecule has 0 fully saturated rings. The van der Waals surface area contributed by atoms with E-state index in [1.54, 1.807) is 0 Å². The van der Waals surface area contributed by atoms with Crippen LogP contribution in [0.4, 0.5) is 5.82 Å². The zero-order valence-electron chi connectivity index (χ0n) is 4.74. The van der Waals surface area contributed by atoms with Crippen LogP contribution in [0.15, 0.2) is 17.1 Å². The Morgan fingerprint density at radius 3 is 2.67 bits per heavy atom. The molecule has 44 valence electrons. The van der Waals surface area contributed by atoms with Crippen molar-refractivity contribution in [1.82, 2.24) is 9.97 Å². The molecule has 0 atom stereocenters. The summed E-state index contributed by atoms with van der Waals surface area (Å²) < 4.78 is 0. The summed E-state index contributed by atoms with van der Waals surface area (Å²) in [5.41, 5.74) is 4.57. The van der Waals surface area contributed by atoms with Crippen molar-refractivity contribution >= 4 is 5.82 Å². The Morgan fingerprint density at radius 1 is 1.67 bits per heavy atom. The van der Waals surface area contributed by atoms with Gasteiger partial charge in [-0.25, -0.2) is 0 Å². The van der Waals surface area contributed by atoms with Gasteiger partial charge in [0.1, 0.15) is 0 Å². The van der Waals surface area contributed by atoms with Gasteiger partial charge < -0.3 is 15.7 Å². The molecule has 9 heavy (non-hydrogen) atoms. The van der Waals surface area contributed by atoms with E-state index in [0.717, 1.165) is 0 Å². The van der Waals surface area contributed by atoms with Crippen LogP contribution in [0.3, 0.4) is 0 Å². The van der Waals surface area contributed by atoms with E-state index in [9.17, 15) is 4.79 Å². The topological polar surface area (TPSA) is 70.1 Å². The van der Waals surface area contributed by atoms with Crippen molar-refractivity contribution in [2.24, 2.45) is 0 Å².